The highest BCUT2D eigenvalue weighted by molar-refractivity contribution is 5.82. The monoisotopic (exact) mass is 888 g/mol. The molecule has 0 bridgehead atoms. The number of hydrogen-bond donors (Lipinski definition) is 5. The number of ether oxygens (including phenoxy) is 2. The molecule has 3 amide bonds. The number of nitrogens with one attached hydrogen (secondary N) is 2. The highest BCUT2D eigenvalue weighted by Crippen LogP contribution is 2.26. The average molecular weight is 888 g/mol. The van der Waals surface area contributed by atoms with Crippen molar-refractivity contribution in [2.45, 2.75) is 257 Å². The molecular weight excluding hydrogens is 795 g/mol. The minimum atomic E-state index is -1.53. The molecule has 5 atom stereocenters. The molecule has 2 rings (SSSR count). The van der Waals surface area contributed by atoms with Crippen LogP contribution in [0.2, 0.25) is 0 Å². The number of carbonyl (C=O) groups excluding carboxylic acids is 3. The van der Waals surface area contributed by atoms with Gasteiger partial charge in [-0.15, -0.1) is 0 Å². The van der Waals surface area contributed by atoms with E-state index in [0.29, 0.717) is 13.0 Å². The topological polar surface area (TPSA) is 158 Å². The third-order valence-corrected chi connectivity index (χ3v) is 12.7. The molecule has 364 valence electrons. The van der Waals surface area contributed by atoms with Gasteiger partial charge in [0.15, 0.2) is 6.23 Å². The third kappa shape index (κ3) is 27.4. The Hall–Kier alpha value is -2.73. The zero-order valence-electron chi connectivity index (χ0n) is 40.1. The van der Waals surface area contributed by atoms with Crippen LogP contribution in [0, 0.1) is 0 Å². The van der Waals surface area contributed by atoms with Crippen molar-refractivity contribution < 1.29 is 39.2 Å². The first-order valence-electron chi connectivity index (χ1n) is 26.0. The van der Waals surface area contributed by atoms with E-state index in [-0.39, 0.29) is 12.5 Å². The van der Waals surface area contributed by atoms with Crippen LogP contribution in [-0.2, 0) is 25.7 Å². The highest BCUT2D eigenvalue weighted by atomic mass is 16.6. The smallest absolute Gasteiger partial charge is 0.407 e. The second kappa shape index (κ2) is 38.5. The minimum Gasteiger partial charge on any atom is -0.445 e. The maximum atomic E-state index is 14.0. The van der Waals surface area contributed by atoms with E-state index in [0.717, 1.165) is 56.9 Å². The normalized spacial score (nSPS) is 18.6. The lowest BCUT2D eigenvalue weighted by Gasteiger charge is -2.47. The molecule has 11 nitrogen and oxygen atoms in total. The van der Waals surface area contributed by atoms with Crippen molar-refractivity contribution in [2.24, 2.45) is 0 Å². The zero-order chi connectivity index (χ0) is 45.6. The lowest BCUT2D eigenvalue weighted by Crippen LogP contribution is -2.69. The van der Waals surface area contributed by atoms with E-state index in [2.05, 4.69) is 24.5 Å². The first kappa shape index (κ1) is 56.4. The van der Waals surface area contributed by atoms with Crippen molar-refractivity contribution in [3.63, 3.8) is 0 Å². The highest BCUT2D eigenvalue weighted by Gasteiger charge is 2.48. The Labute approximate surface area is 383 Å². The van der Waals surface area contributed by atoms with E-state index in [1.54, 1.807) is 4.90 Å². The molecule has 11 heteroatoms. The molecule has 1 aromatic rings. The number of unbranched alkanes of at least 4 members (excludes halogenated alkanes) is 29. The van der Waals surface area contributed by atoms with Gasteiger partial charge < -0.3 is 40.3 Å². The van der Waals surface area contributed by atoms with Crippen LogP contribution in [0.1, 0.15) is 225 Å². The Morgan fingerprint density at radius 3 is 1.48 bits per heavy atom. The van der Waals surface area contributed by atoms with Gasteiger partial charge in [0, 0.05) is 13.0 Å². The summed E-state index contributed by atoms with van der Waals surface area (Å²) in [5.41, 5.74) is 0.799. The van der Waals surface area contributed by atoms with Crippen LogP contribution < -0.4 is 10.6 Å². The summed E-state index contributed by atoms with van der Waals surface area (Å²) in [4.78, 5) is 41.2. The van der Waals surface area contributed by atoms with Gasteiger partial charge >= 0.3 is 6.09 Å². The quantitative estimate of drug-likeness (QED) is 0.0408. The molecule has 0 aliphatic carbocycles. The first-order chi connectivity index (χ1) is 30.8. The minimum absolute atomic E-state index is 0.0378. The predicted molar refractivity (Wildman–Crippen MR) is 255 cm³/mol. The maximum absolute atomic E-state index is 14.0. The molecule has 1 heterocycles. The van der Waals surface area contributed by atoms with Gasteiger partial charge in [-0.1, -0.05) is 230 Å². The number of aliphatic hydroxyl groups excluding tert-OH is 3. The Bertz CT molecular complexity index is 1260. The Morgan fingerprint density at radius 1 is 0.603 bits per heavy atom. The molecule has 1 aliphatic rings. The number of amides is 3. The molecule has 5 N–H and O–H groups in total. The van der Waals surface area contributed by atoms with Crippen molar-refractivity contribution in [3.8, 4) is 0 Å². The Kier molecular flexibility index (Phi) is 34.5. The maximum Gasteiger partial charge on any atom is 0.407 e. The number of alkyl carbamates (subject to hydrolysis) is 1. The van der Waals surface area contributed by atoms with Crippen molar-refractivity contribution in [2.75, 3.05) is 19.7 Å². The number of nitrogens with zero attached hydrogens (tertiary/aromatic N) is 1. The summed E-state index contributed by atoms with van der Waals surface area (Å²) < 4.78 is 11.4. The predicted octanol–water partition coefficient (Wildman–Crippen LogP) is 11.2. The lowest BCUT2D eigenvalue weighted by atomic mass is 9.94. The van der Waals surface area contributed by atoms with E-state index in [4.69, 9.17) is 9.47 Å². The van der Waals surface area contributed by atoms with Crippen molar-refractivity contribution in [1.29, 1.82) is 0 Å². The molecule has 1 saturated heterocycles. The Balaban J connectivity index is 1.88. The van der Waals surface area contributed by atoms with Gasteiger partial charge in [0.05, 0.1) is 6.61 Å². The van der Waals surface area contributed by atoms with Crippen LogP contribution in [0.3, 0.4) is 0 Å². The standard InChI is InChI=1S/C52H93N3O8/c1-3-5-7-9-11-13-15-17-19-21-23-25-27-29-31-36-40-55(47(58)39-35-30-28-26-24-22-20-18-16-14-12-10-8-6-4-2)51-48(50(60)49(59)45(42-56)63-51)54-46(57)41-53-52(61)62-43-44-37-33-32-34-38-44/h32-34,37-38,45,48-51,56,59-60H,3-31,35-36,39-43H2,1-2H3,(H,53,61)(H,54,57)/t45-,48-,49+,50-,51-/m1/s1. The molecule has 1 aliphatic heterocycles. The van der Waals surface area contributed by atoms with E-state index in [9.17, 15) is 29.7 Å². The summed E-state index contributed by atoms with van der Waals surface area (Å²) in [6, 6.07) is 7.99. The summed E-state index contributed by atoms with van der Waals surface area (Å²) in [6.45, 7) is 3.91. The van der Waals surface area contributed by atoms with Gasteiger partial charge in [0.2, 0.25) is 11.8 Å². The molecular formula is C52H93N3O8. The summed E-state index contributed by atoms with van der Waals surface area (Å²) in [5, 5.41) is 37.4. The molecule has 0 spiro atoms. The molecule has 0 radical (unpaired) electrons. The van der Waals surface area contributed by atoms with Gasteiger partial charge in [0.1, 0.15) is 37.5 Å². The van der Waals surface area contributed by atoms with E-state index < -0.39 is 55.7 Å². The van der Waals surface area contributed by atoms with Crippen LogP contribution in [0.5, 0.6) is 0 Å². The summed E-state index contributed by atoms with van der Waals surface area (Å²) >= 11 is 0. The number of aliphatic hydroxyl groups is 3. The van der Waals surface area contributed by atoms with Gasteiger partial charge in [-0.3, -0.25) is 9.59 Å². The second-order valence-electron chi connectivity index (χ2n) is 18.3. The number of carbonyl (C=O) groups is 3. The molecule has 1 fully saturated rings. The summed E-state index contributed by atoms with van der Waals surface area (Å²) in [7, 11) is 0. The number of benzene rings is 1. The van der Waals surface area contributed by atoms with Gasteiger partial charge in [-0.25, -0.2) is 4.79 Å². The van der Waals surface area contributed by atoms with Gasteiger partial charge in [0.25, 0.3) is 0 Å². The van der Waals surface area contributed by atoms with Crippen LogP contribution in [0.25, 0.3) is 0 Å². The van der Waals surface area contributed by atoms with E-state index in [1.807, 2.05) is 30.3 Å². The van der Waals surface area contributed by atoms with Crippen molar-refractivity contribution >= 4 is 17.9 Å². The lowest BCUT2D eigenvalue weighted by molar-refractivity contribution is -0.231. The average Bonchev–Trinajstić information content (AvgIpc) is 3.29. The molecule has 1 aromatic carbocycles. The van der Waals surface area contributed by atoms with Crippen LogP contribution in [0.15, 0.2) is 30.3 Å². The fourth-order valence-corrected chi connectivity index (χ4v) is 8.70. The fourth-order valence-electron chi connectivity index (χ4n) is 8.70. The number of rotatable bonds is 40. The van der Waals surface area contributed by atoms with Gasteiger partial charge in [-0.2, -0.15) is 0 Å². The zero-order valence-corrected chi connectivity index (χ0v) is 40.1. The largest absolute Gasteiger partial charge is 0.445 e. The number of hydrogen-bond acceptors (Lipinski definition) is 8. The second-order valence-corrected chi connectivity index (χ2v) is 18.3. The van der Waals surface area contributed by atoms with Gasteiger partial charge in [-0.05, 0) is 18.4 Å². The molecule has 0 aromatic heterocycles. The van der Waals surface area contributed by atoms with E-state index in [1.165, 1.54) is 148 Å². The van der Waals surface area contributed by atoms with Crippen LogP contribution in [-0.4, -0.2) is 88.4 Å². The summed E-state index contributed by atoms with van der Waals surface area (Å²) in [5.74, 6) is -0.783. The Morgan fingerprint density at radius 2 is 1.03 bits per heavy atom. The SMILES string of the molecule is CCCCCCCCCCCCCCCCCCN(C(=O)CCCCCCCCCCCCCCCCC)[C@@H]1O[C@H](CO)[C@H](O)[C@H](O)[C@H]1NC(=O)CNC(=O)OCc1ccccc1. The molecule has 63 heavy (non-hydrogen) atoms. The fraction of sp³-hybridized carbons (Fsp3) is 0.827. The molecule has 0 unspecified atom stereocenters. The third-order valence-electron chi connectivity index (χ3n) is 12.7. The first-order valence-corrected chi connectivity index (χ1v) is 26.0. The van der Waals surface area contributed by atoms with Crippen molar-refractivity contribution in [1.82, 2.24) is 15.5 Å². The van der Waals surface area contributed by atoms with E-state index >= 15 is 0 Å². The molecule has 0 saturated carbocycles. The van der Waals surface area contributed by atoms with Crippen LogP contribution in [0.4, 0.5) is 4.79 Å². The van der Waals surface area contributed by atoms with Crippen LogP contribution >= 0.6 is 0 Å². The summed E-state index contributed by atoms with van der Waals surface area (Å²) in [6.07, 6.45) is 32.4. The van der Waals surface area contributed by atoms with Crippen molar-refractivity contribution in [3.05, 3.63) is 35.9 Å².